The summed E-state index contributed by atoms with van der Waals surface area (Å²) in [6.45, 7) is 3.02. The van der Waals surface area contributed by atoms with Gasteiger partial charge in [-0.1, -0.05) is 19.8 Å². The third-order valence-electron chi connectivity index (χ3n) is 1.80. The molecule has 0 aliphatic carbocycles. The van der Waals surface area contributed by atoms with Gasteiger partial charge in [-0.25, -0.2) is 0 Å². The molecule has 0 aromatic carbocycles. The lowest BCUT2D eigenvalue weighted by molar-refractivity contribution is -0.200. The molecule has 1 atom stereocenters. The molecule has 0 aliphatic heterocycles. The highest BCUT2D eigenvalue weighted by atomic mass is 16.5. The summed E-state index contributed by atoms with van der Waals surface area (Å²) < 4.78 is 0. The molecule has 0 bridgehead atoms. The Bertz CT molecular complexity index is 148. The second-order valence-electron chi connectivity index (χ2n) is 3.13. The summed E-state index contributed by atoms with van der Waals surface area (Å²) in [5, 5.41) is 26.7. The number of carboxylic acid groups (broad SMARTS) is 1. The van der Waals surface area contributed by atoms with E-state index in [2.05, 4.69) is 0 Å². The van der Waals surface area contributed by atoms with Crippen molar-refractivity contribution in [2.24, 2.45) is 5.92 Å². The van der Waals surface area contributed by atoms with Crippen molar-refractivity contribution < 1.29 is 20.1 Å². The van der Waals surface area contributed by atoms with E-state index in [0.29, 0.717) is 12.8 Å². The first-order chi connectivity index (χ1) is 5.39. The summed E-state index contributed by atoms with van der Waals surface area (Å²) in [5.74, 6) is -4.35. The van der Waals surface area contributed by atoms with E-state index < -0.39 is 17.7 Å². The topological polar surface area (TPSA) is 77.8 Å². The Labute approximate surface area is 71.8 Å². The van der Waals surface area contributed by atoms with Crippen molar-refractivity contribution in [3.05, 3.63) is 0 Å². The van der Waals surface area contributed by atoms with Crippen LogP contribution < -0.4 is 0 Å². The van der Waals surface area contributed by atoms with Gasteiger partial charge in [0.05, 0.1) is 0 Å². The third kappa shape index (κ3) is 3.69. The zero-order chi connectivity index (χ0) is 9.78. The second-order valence-corrected chi connectivity index (χ2v) is 3.13. The lowest BCUT2D eigenvalue weighted by atomic mass is 9.94. The van der Waals surface area contributed by atoms with Gasteiger partial charge in [-0.05, 0) is 13.3 Å². The maximum Gasteiger partial charge on any atom is 0.311 e. The van der Waals surface area contributed by atoms with Gasteiger partial charge in [0, 0.05) is 0 Å². The molecular formula is C8H16O4. The molecule has 0 aromatic rings. The molecule has 1 unspecified atom stereocenters. The summed E-state index contributed by atoms with van der Waals surface area (Å²) in [6.07, 6.45) is 1.84. The molecule has 4 nitrogen and oxygen atoms in total. The van der Waals surface area contributed by atoms with E-state index >= 15 is 0 Å². The number of unbranched alkanes of at least 4 members (excludes halogenated alkanes) is 1. The molecule has 72 valence electrons. The van der Waals surface area contributed by atoms with E-state index in [4.69, 9.17) is 15.3 Å². The summed E-state index contributed by atoms with van der Waals surface area (Å²) in [6, 6.07) is 0. The Kier molecular flexibility index (Phi) is 4.20. The van der Waals surface area contributed by atoms with Crippen LogP contribution in [0.25, 0.3) is 0 Å². The van der Waals surface area contributed by atoms with E-state index in [1.807, 2.05) is 6.92 Å². The maximum atomic E-state index is 10.5. The highest BCUT2D eigenvalue weighted by molar-refractivity contribution is 5.71. The summed E-state index contributed by atoms with van der Waals surface area (Å²) >= 11 is 0. The van der Waals surface area contributed by atoms with E-state index in [1.54, 1.807) is 0 Å². The molecule has 0 amide bonds. The van der Waals surface area contributed by atoms with Gasteiger partial charge in [0.1, 0.15) is 5.92 Å². The Morgan fingerprint density at radius 3 is 2.25 bits per heavy atom. The molecular weight excluding hydrogens is 160 g/mol. The van der Waals surface area contributed by atoms with Crippen molar-refractivity contribution in [2.45, 2.75) is 38.9 Å². The van der Waals surface area contributed by atoms with Crippen molar-refractivity contribution in [1.29, 1.82) is 0 Å². The summed E-state index contributed by atoms with van der Waals surface area (Å²) in [7, 11) is 0. The zero-order valence-electron chi connectivity index (χ0n) is 7.45. The van der Waals surface area contributed by atoms with E-state index in [9.17, 15) is 4.79 Å². The SMILES string of the molecule is CCCCC(C(=O)O)C(C)(O)O. The van der Waals surface area contributed by atoms with Crippen LogP contribution in [0, 0.1) is 5.92 Å². The van der Waals surface area contributed by atoms with Gasteiger partial charge < -0.3 is 15.3 Å². The van der Waals surface area contributed by atoms with Gasteiger partial charge in [0.25, 0.3) is 0 Å². The fraction of sp³-hybridized carbons (Fsp3) is 0.875. The number of hydrogen-bond donors (Lipinski definition) is 3. The van der Waals surface area contributed by atoms with Gasteiger partial charge in [-0.15, -0.1) is 0 Å². The minimum Gasteiger partial charge on any atom is -0.481 e. The molecule has 0 rings (SSSR count). The molecule has 0 spiro atoms. The number of hydrogen-bond acceptors (Lipinski definition) is 3. The van der Waals surface area contributed by atoms with E-state index in [-0.39, 0.29) is 0 Å². The summed E-state index contributed by atoms with van der Waals surface area (Å²) in [4.78, 5) is 10.5. The van der Waals surface area contributed by atoms with Crippen LogP contribution in [0.1, 0.15) is 33.1 Å². The lowest BCUT2D eigenvalue weighted by Crippen LogP contribution is -2.39. The largest absolute Gasteiger partial charge is 0.481 e. The fourth-order valence-electron chi connectivity index (χ4n) is 1.04. The maximum absolute atomic E-state index is 10.5. The predicted octanol–water partition coefficient (Wildman–Crippen LogP) is 0.578. The Balaban J connectivity index is 4.15. The quantitative estimate of drug-likeness (QED) is 0.535. The Morgan fingerprint density at radius 1 is 1.50 bits per heavy atom. The zero-order valence-corrected chi connectivity index (χ0v) is 7.45. The first-order valence-corrected chi connectivity index (χ1v) is 4.07. The second kappa shape index (κ2) is 4.42. The van der Waals surface area contributed by atoms with E-state index in [1.165, 1.54) is 0 Å². The standard InChI is InChI=1S/C8H16O4/c1-3-4-5-6(7(9)10)8(2,11)12/h6,11-12H,3-5H2,1-2H3,(H,9,10). The average Bonchev–Trinajstić information content (AvgIpc) is 1.84. The third-order valence-corrected chi connectivity index (χ3v) is 1.80. The van der Waals surface area contributed by atoms with Crippen molar-refractivity contribution in [3.63, 3.8) is 0 Å². The molecule has 0 fully saturated rings. The van der Waals surface area contributed by atoms with E-state index in [0.717, 1.165) is 13.3 Å². The lowest BCUT2D eigenvalue weighted by Gasteiger charge is -2.23. The molecule has 12 heavy (non-hydrogen) atoms. The number of carboxylic acids is 1. The van der Waals surface area contributed by atoms with Gasteiger partial charge in [0.15, 0.2) is 5.79 Å². The van der Waals surface area contributed by atoms with Crippen LogP contribution in [0.2, 0.25) is 0 Å². The van der Waals surface area contributed by atoms with Crippen LogP contribution in [-0.4, -0.2) is 27.1 Å². The van der Waals surface area contributed by atoms with Gasteiger partial charge in [0.2, 0.25) is 0 Å². The highest BCUT2D eigenvalue weighted by Crippen LogP contribution is 2.20. The average molecular weight is 176 g/mol. The molecule has 3 N–H and O–H groups in total. The van der Waals surface area contributed by atoms with Gasteiger partial charge >= 0.3 is 5.97 Å². The molecule has 0 saturated carbocycles. The Morgan fingerprint density at radius 2 is 2.00 bits per heavy atom. The van der Waals surface area contributed by atoms with Gasteiger partial charge in [-0.2, -0.15) is 0 Å². The minimum atomic E-state index is -2.11. The van der Waals surface area contributed by atoms with Crippen LogP contribution in [-0.2, 0) is 4.79 Å². The van der Waals surface area contributed by atoms with Crippen LogP contribution in [0.3, 0.4) is 0 Å². The van der Waals surface area contributed by atoms with Crippen LogP contribution >= 0.6 is 0 Å². The van der Waals surface area contributed by atoms with Crippen molar-refractivity contribution in [2.75, 3.05) is 0 Å². The Hall–Kier alpha value is -0.610. The molecule has 4 heteroatoms. The van der Waals surface area contributed by atoms with Crippen LogP contribution in [0.5, 0.6) is 0 Å². The molecule has 0 radical (unpaired) electrons. The first kappa shape index (κ1) is 11.4. The molecule has 0 aromatic heterocycles. The van der Waals surface area contributed by atoms with Crippen molar-refractivity contribution in [3.8, 4) is 0 Å². The van der Waals surface area contributed by atoms with Crippen molar-refractivity contribution in [1.82, 2.24) is 0 Å². The molecule has 0 saturated heterocycles. The fourth-order valence-corrected chi connectivity index (χ4v) is 1.04. The van der Waals surface area contributed by atoms with Crippen molar-refractivity contribution >= 4 is 5.97 Å². The number of carbonyl (C=O) groups is 1. The number of aliphatic carboxylic acids is 1. The first-order valence-electron chi connectivity index (χ1n) is 4.07. The normalized spacial score (nSPS) is 14.3. The highest BCUT2D eigenvalue weighted by Gasteiger charge is 2.34. The smallest absolute Gasteiger partial charge is 0.311 e. The summed E-state index contributed by atoms with van der Waals surface area (Å²) in [5.41, 5.74) is 0. The van der Waals surface area contributed by atoms with Gasteiger partial charge in [-0.3, -0.25) is 4.79 Å². The number of aliphatic hydroxyl groups is 2. The molecule has 0 aliphatic rings. The molecule has 0 heterocycles. The van der Waals surface area contributed by atoms with Crippen LogP contribution in [0.4, 0.5) is 0 Å². The predicted molar refractivity (Wildman–Crippen MR) is 43.5 cm³/mol. The van der Waals surface area contributed by atoms with Crippen LogP contribution in [0.15, 0.2) is 0 Å². The minimum absolute atomic E-state index is 0.301. The monoisotopic (exact) mass is 176 g/mol. The number of rotatable bonds is 5.